The fourth-order valence-electron chi connectivity index (χ4n) is 2.35. The van der Waals surface area contributed by atoms with E-state index in [4.69, 9.17) is 9.57 Å². The maximum Gasteiger partial charge on any atom is 0.312 e. The van der Waals surface area contributed by atoms with Gasteiger partial charge in [0.2, 0.25) is 0 Å². The number of carbonyl (C=O) groups is 3. The Morgan fingerprint density at radius 2 is 1.58 bits per heavy atom. The summed E-state index contributed by atoms with van der Waals surface area (Å²) in [7, 11) is 0. The lowest BCUT2D eigenvalue weighted by Gasteiger charge is -2.26. The Morgan fingerprint density at radius 3 is 2.00 bits per heavy atom. The number of rotatable bonds is 5. The molecule has 1 atom stereocenters. The molecule has 0 N–H and O–H groups in total. The lowest BCUT2D eigenvalue weighted by molar-refractivity contribution is -0.171. The molecule has 6 nitrogen and oxygen atoms in total. The Hall–Kier alpha value is -2.21. The van der Waals surface area contributed by atoms with E-state index in [-0.39, 0.29) is 12.5 Å². The first kappa shape index (κ1) is 18.1. The van der Waals surface area contributed by atoms with Gasteiger partial charge in [-0.3, -0.25) is 19.2 Å². The van der Waals surface area contributed by atoms with E-state index in [2.05, 4.69) is 0 Å². The third kappa shape index (κ3) is 3.82. The molecule has 0 spiro atoms. The van der Waals surface area contributed by atoms with Gasteiger partial charge in [0, 0.05) is 0 Å². The number of amides is 2. The van der Waals surface area contributed by atoms with Crippen molar-refractivity contribution in [2.75, 3.05) is 6.61 Å². The molecule has 0 unspecified atom stereocenters. The number of hydrogen-bond acceptors (Lipinski definition) is 5. The van der Waals surface area contributed by atoms with Crippen LogP contribution in [0.15, 0.2) is 24.3 Å². The fourth-order valence-corrected chi connectivity index (χ4v) is 2.35. The van der Waals surface area contributed by atoms with Gasteiger partial charge in [0.25, 0.3) is 11.8 Å². The first-order chi connectivity index (χ1) is 11.1. The summed E-state index contributed by atoms with van der Waals surface area (Å²) >= 11 is 0. The zero-order valence-electron chi connectivity index (χ0n) is 14.7. The average Bonchev–Trinajstić information content (AvgIpc) is 2.70. The summed E-state index contributed by atoms with van der Waals surface area (Å²) < 4.78 is 5.38. The molecule has 1 heterocycles. The maximum atomic E-state index is 12.3. The number of carbonyl (C=O) groups excluding carboxylic acids is 3. The molecule has 0 bridgehead atoms. The van der Waals surface area contributed by atoms with Gasteiger partial charge in [0.05, 0.1) is 23.7 Å². The van der Waals surface area contributed by atoms with Crippen molar-refractivity contribution in [1.29, 1.82) is 0 Å². The molecule has 2 amide bonds. The predicted octanol–water partition coefficient (Wildman–Crippen LogP) is 2.83. The van der Waals surface area contributed by atoms with Crippen molar-refractivity contribution in [3.63, 3.8) is 0 Å². The minimum Gasteiger partial charge on any atom is -0.460 e. The van der Waals surface area contributed by atoms with Gasteiger partial charge in [0.15, 0.2) is 0 Å². The van der Waals surface area contributed by atoms with E-state index in [0.29, 0.717) is 11.1 Å². The van der Waals surface area contributed by atoms with Crippen LogP contribution in [0.25, 0.3) is 0 Å². The largest absolute Gasteiger partial charge is 0.460 e. The summed E-state index contributed by atoms with van der Waals surface area (Å²) in [4.78, 5) is 42.2. The number of benzene rings is 1. The van der Waals surface area contributed by atoms with Crippen molar-refractivity contribution < 1.29 is 24.0 Å². The monoisotopic (exact) mass is 333 g/mol. The molecule has 1 aromatic rings. The van der Waals surface area contributed by atoms with Crippen LogP contribution >= 0.6 is 0 Å². The van der Waals surface area contributed by atoms with Crippen LogP contribution in [0.2, 0.25) is 0 Å². The van der Waals surface area contributed by atoms with Gasteiger partial charge < -0.3 is 4.74 Å². The minimum atomic E-state index is -0.611. The number of hydrogen-bond donors (Lipinski definition) is 0. The van der Waals surface area contributed by atoms with Gasteiger partial charge in [0.1, 0.15) is 5.60 Å². The molecule has 24 heavy (non-hydrogen) atoms. The van der Waals surface area contributed by atoms with E-state index >= 15 is 0 Å². The molecule has 6 heteroatoms. The molecule has 1 aliphatic rings. The summed E-state index contributed by atoms with van der Waals surface area (Å²) in [5, 5.41) is 0.727. The van der Waals surface area contributed by atoms with Gasteiger partial charge in [-0.25, -0.2) is 0 Å². The zero-order valence-corrected chi connectivity index (χ0v) is 14.7. The molecule has 0 saturated heterocycles. The number of fused-ring (bicyclic) bond motifs is 1. The van der Waals surface area contributed by atoms with E-state index in [9.17, 15) is 14.4 Å². The van der Waals surface area contributed by atoms with E-state index in [1.54, 1.807) is 45.0 Å². The standard InChI is InChI=1S/C18H23NO5/c1-11(2)14(17(22)24-18(3,4)5)10-23-19-15(20)12-8-6-7-9-13(12)16(19)21/h6-9,11,14H,10H2,1-5H3/t14-/m1/s1. The van der Waals surface area contributed by atoms with Crippen LogP contribution < -0.4 is 0 Å². The van der Waals surface area contributed by atoms with Crippen LogP contribution in [-0.2, 0) is 14.4 Å². The number of esters is 1. The van der Waals surface area contributed by atoms with Crippen molar-refractivity contribution in [3.05, 3.63) is 35.4 Å². The van der Waals surface area contributed by atoms with Crippen LogP contribution in [0, 0.1) is 11.8 Å². The highest BCUT2D eigenvalue weighted by Crippen LogP contribution is 2.24. The molecule has 0 aliphatic carbocycles. The molecule has 1 aromatic carbocycles. The van der Waals surface area contributed by atoms with Crippen molar-refractivity contribution in [2.45, 2.75) is 40.2 Å². The van der Waals surface area contributed by atoms with Crippen molar-refractivity contribution >= 4 is 17.8 Å². The Bertz CT molecular complexity index is 625. The highest BCUT2D eigenvalue weighted by Gasteiger charge is 2.38. The molecule has 130 valence electrons. The van der Waals surface area contributed by atoms with Gasteiger partial charge in [-0.1, -0.05) is 26.0 Å². The summed E-state index contributed by atoms with van der Waals surface area (Å²) in [6, 6.07) is 6.52. The van der Waals surface area contributed by atoms with E-state index in [1.165, 1.54) is 0 Å². The summed E-state index contributed by atoms with van der Waals surface area (Å²) in [5.41, 5.74) is 0.00135. The van der Waals surface area contributed by atoms with E-state index in [1.807, 2.05) is 13.8 Å². The predicted molar refractivity (Wildman–Crippen MR) is 87.1 cm³/mol. The summed E-state index contributed by atoms with van der Waals surface area (Å²) in [6.45, 7) is 8.98. The Balaban J connectivity index is 2.07. The topological polar surface area (TPSA) is 72.9 Å². The Morgan fingerprint density at radius 1 is 1.08 bits per heavy atom. The normalized spacial score (nSPS) is 15.7. The molecule has 2 rings (SSSR count). The Kier molecular flexibility index (Phi) is 5.08. The van der Waals surface area contributed by atoms with E-state index in [0.717, 1.165) is 5.06 Å². The van der Waals surface area contributed by atoms with Gasteiger partial charge in [-0.05, 0) is 38.8 Å². The van der Waals surface area contributed by atoms with Crippen LogP contribution in [0.5, 0.6) is 0 Å². The lowest BCUT2D eigenvalue weighted by Crippen LogP contribution is -2.37. The molecule has 0 saturated carbocycles. The molecule has 0 radical (unpaired) electrons. The van der Waals surface area contributed by atoms with Crippen LogP contribution in [-0.4, -0.2) is 35.1 Å². The zero-order chi connectivity index (χ0) is 18.1. The number of imide groups is 1. The van der Waals surface area contributed by atoms with Crippen LogP contribution in [0.3, 0.4) is 0 Å². The molecule has 1 aliphatic heterocycles. The second kappa shape index (κ2) is 6.73. The van der Waals surface area contributed by atoms with Gasteiger partial charge >= 0.3 is 5.97 Å². The lowest BCUT2D eigenvalue weighted by atomic mass is 9.97. The van der Waals surface area contributed by atoms with E-state index < -0.39 is 29.3 Å². The van der Waals surface area contributed by atoms with Crippen LogP contribution in [0.4, 0.5) is 0 Å². The molecule has 0 fully saturated rings. The summed E-state index contributed by atoms with van der Waals surface area (Å²) in [6.07, 6.45) is 0. The Labute approximate surface area is 141 Å². The van der Waals surface area contributed by atoms with Crippen LogP contribution in [0.1, 0.15) is 55.3 Å². The molecular weight excluding hydrogens is 310 g/mol. The van der Waals surface area contributed by atoms with Crippen molar-refractivity contribution in [1.82, 2.24) is 5.06 Å². The molecular formula is C18H23NO5. The average molecular weight is 333 g/mol. The molecule has 0 aromatic heterocycles. The number of nitrogens with zero attached hydrogens (tertiary/aromatic N) is 1. The maximum absolute atomic E-state index is 12.3. The number of hydroxylamine groups is 2. The minimum absolute atomic E-state index is 0.0602. The smallest absolute Gasteiger partial charge is 0.312 e. The first-order valence-corrected chi connectivity index (χ1v) is 7.95. The third-order valence-corrected chi connectivity index (χ3v) is 3.65. The van der Waals surface area contributed by atoms with Gasteiger partial charge in [-0.15, -0.1) is 5.06 Å². The summed E-state index contributed by atoms with van der Waals surface area (Å²) in [5.74, 6) is -2.07. The SMILES string of the molecule is CC(C)[C@@H](CON1C(=O)c2ccccc2C1=O)C(=O)OC(C)(C)C. The highest BCUT2D eigenvalue weighted by atomic mass is 16.7. The second-order valence-electron chi connectivity index (χ2n) is 7.13. The third-order valence-electron chi connectivity index (χ3n) is 3.65. The van der Waals surface area contributed by atoms with Crippen molar-refractivity contribution in [3.8, 4) is 0 Å². The second-order valence-corrected chi connectivity index (χ2v) is 7.13. The number of ether oxygens (including phenoxy) is 1. The van der Waals surface area contributed by atoms with Gasteiger partial charge in [-0.2, -0.15) is 0 Å². The first-order valence-electron chi connectivity index (χ1n) is 7.95. The quantitative estimate of drug-likeness (QED) is 0.612. The fraction of sp³-hybridized carbons (Fsp3) is 0.500. The highest BCUT2D eigenvalue weighted by molar-refractivity contribution is 6.20. The van der Waals surface area contributed by atoms with Crippen molar-refractivity contribution in [2.24, 2.45) is 11.8 Å².